The van der Waals surface area contributed by atoms with Gasteiger partial charge in [-0.15, -0.1) is 0 Å². The maximum atomic E-state index is 12.8. The summed E-state index contributed by atoms with van der Waals surface area (Å²) < 4.78 is 21.2. The summed E-state index contributed by atoms with van der Waals surface area (Å²) in [6.07, 6.45) is 1.72. The maximum Gasteiger partial charge on any atom is 0.293 e. The van der Waals surface area contributed by atoms with Crippen LogP contribution in [-0.2, 0) is 16.0 Å². The number of nitrogens with one attached hydrogen (secondary N) is 1. The van der Waals surface area contributed by atoms with Crippen LogP contribution in [0.2, 0.25) is 0 Å². The predicted molar refractivity (Wildman–Crippen MR) is 128 cm³/mol. The molecule has 1 fully saturated rings. The van der Waals surface area contributed by atoms with Crippen LogP contribution >= 0.6 is 11.8 Å². The lowest BCUT2D eigenvalue weighted by Gasteiger charge is -2.14. The smallest absolute Gasteiger partial charge is 0.293 e. The van der Waals surface area contributed by atoms with Crippen molar-refractivity contribution in [3.63, 3.8) is 0 Å². The van der Waals surface area contributed by atoms with Crippen molar-refractivity contribution in [2.45, 2.75) is 6.42 Å². The number of hydrogen-bond donors (Lipinski definition) is 1. The minimum Gasteiger partial charge on any atom is -0.496 e. The molecule has 0 aliphatic carbocycles. The van der Waals surface area contributed by atoms with Gasteiger partial charge in [0.05, 0.1) is 39.8 Å². The topological polar surface area (TPSA) is 103 Å². The normalized spacial score (nSPS) is 14.4. The monoisotopic (exact) mass is 486 g/mol. The van der Waals surface area contributed by atoms with E-state index >= 15 is 0 Å². The van der Waals surface area contributed by atoms with Gasteiger partial charge in [0.2, 0.25) is 11.7 Å². The van der Waals surface area contributed by atoms with Crippen molar-refractivity contribution >= 4 is 34.9 Å². The lowest BCUT2D eigenvalue weighted by molar-refractivity contribution is -0.124. The highest BCUT2D eigenvalue weighted by Crippen LogP contribution is 2.40. The van der Waals surface area contributed by atoms with Gasteiger partial charge in [-0.05, 0) is 41.6 Å². The van der Waals surface area contributed by atoms with Gasteiger partial charge in [-0.25, -0.2) is 0 Å². The van der Waals surface area contributed by atoms with Gasteiger partial charge in [-0.1, -0.05) is 18.2 Å². The number of imide groups is 1. The average molecular weight is 487 g/mol. The summed E-state index contributed by atoms with van der Waals surface area (Å²) in [6, 6.07) is 10.6. The number of thioether (sulfide) groups is 1. The number of hydrogen-bond acceptors (Lipinski definition) is 8. The third kappa shape index (κ3) is 5.63. The molecule has 1 heterocycles. The molecule has 180 valence electrons. The van der Waals surface area contributed by atoms with Crippen molar-refractivity contribution in [3.8, 4) is 23.0 Å². The van der Waals surface area contributed by atoms with E-state index in [-0.39, 0.29) is 30.3 Å². The number of benzene rings is 2. The highest BCUT2D eigenvalue weighted by atomic mass is 32.2. The number of amides is 3. The standard InChI is InChI=1S/C24H26N2O7S/c1-30-17-8-6-5-7-16(17)14-21(27)25-9-10-26-23(28)20(34-24(26)29)13-15-11-18(31-2)22(33-4)19(12-15)32-3/h5-8,11-13H,9-10,14H2,1-4H3,(H,25,27)/b20-13-. The average Bonchev–Trinajstić information content (AvgIpc) is 3.10. The van der Waals surface area contributed by atoms with E-state index in [1.165, 1.54) is 21.3 Å². The number of methoxy groups -OCH3 is 4. The van der Waals surface area contributed by atoms with E-state index in [9.17, 15) is 14.4 Å². The van der Waals surface area contributed by atoms with Crippen molar-refractivity contribution in [1.29, 1.82) is 0 Å². The number of ether oxygens (including phenoxy) is 4. The Morgan fingerprint density at radius 1 is 0.971 bits per heavy atom. The van der Waals surface area contributed by atoms with Crippen LogP contribution in [0.15, 0.2) is 41.3 Å². The van der Waals surface area contributed by atoms with Gasteiger partial charge >= 0.3 is 0 Å². The summed E-state index contributed by atoms with van der Waals surface area (Å²) >= 11 is 0.836. The molecule has 0 atom stereocenters. The zero-order valence-corrected chi connectivity index (χ0v) is 20.2. The van der Waals surface area contributed by atoms with Crippen LogP contribution in [0.4, 0.5) is 4.79 Å². The first-order valence-electron chi connectivity index (χ1n) is 10.4. The minimum absolute atomic E-state index is 0.0644. The van der Waals surface area contributed by atoms with E-state index < -0.39 is 11.1 Å². The van der Waals surface area contributed by atoms with Gasteiger partial charge in [0.25, 0.3) is 11.1 Å². The molecular weight excluding hydrogens is 460 g/mol. The fraction of sp³-hybridized carbons (Fsp3) is 0.292. The van der Waals surface area contributed by atoms with Crippen LogP contribution in [0.5, 0.6) is 23.0 Å². The number of para-hydroxylation sites is 1. The number of rotatable bonds is 10. The van der Waals surface area contributed by atoms with Crippen LogP contribution in [0.25, 0.3) is 6.08 Å². The first-order valence-corrected chi connectivity index (χ1v) is 11.2. The summed E-state index contributed by atoms with van der Waals surface area (Å²) in [4.78, 5) is 38.9. The van der Waals surface area contributed by atoms with Crippen LogP contribution in [0.3, 0.4) is 0 Å². The molecule has 1 aliphatic heterocycles. The van der Waals surface area contributed by atoms with Crippen molar-refractivity contribution in [3.05, 3.63) is 52.4 Å². The van der Waals surface area contributed by atoms with E-state index in [0.717, 1.165) is 22.2 Å². The number of carbonyl (C=O) groups is 3. The Morgan fingerprint density at radius 2 is 1.62 bits per heavy atom. The van der Waals surface area contributed by atoms with Gasteiger partial charge in [0.15, 0.2) is 11.5 Å². The van der Waals surface area contributed by atoms with Crippen LogP contribution < -0.4 is 24.3 Å². The van der Waals surface area contributed by atoms with E-state index in [1.807, 2.05) is 18.2 Å². The van der Waals surface area contributed by atoms with Crippen LogP contribution in [0, 0.1) is 0 Å². The van der Waals surface area contributed by atoms with E-state index in [0.29, 0.717) is 28.6 Å². The van der Waals surface area contributed by atoms with Gasteiger partial charge < -0.3 is 24.3 Å². The number of nitrogens with zero attached hydrogens (tertiary/aromatic N) is 1. The molecule has 0 spiro atoms. The van der Waals surface area contributed by atoms with Gasteiger partial charge in [-0.3, -0.25) is 19.3 Å². The summed E-state index contributed by atoms with van der Waals surface area (Å²) in [5.74, 6) is 1.27. The van der Waals surface area contributed by atoms with Crippen LogP contribution in [0.1, 0.15) is 11.1 Å². The summed E-state index contributed by atoms with van der Waals surface area (Å²) in [5.41, 5.74) is 1.37. The van der Waals surface area contributed by atoms with Gasteiger partial charge in [0.1, 0.15) is 5.75 Å². The molecule has 0 unspecified atom stereocenters. The Bertz CT molecular complexity index is 1090. The molecule has 0 radical (unpaired) electrons. The third-order valence-electron chi connectivity index (χ3n) is 5.06. The van der Waals surface area contributed by atoms with Crippen molar-refractivity contribution in [1.82, 2.24) is 10.2 Å². The van der Waals surface area contributed by atoms with Gasteiger partial charge in [-0.2, -0.15) is 0 Å². The fourth-order valence-electron chi connectivity index (χ4n) is 3.42. The second-order valence-corrected chi connectivity index (χ2v) is 8.12. The summed E-state index contributed by atoms with van der Waals surface area (Å²) in [5, 5.41) is 2.34. The fourth-order valence-corrected chi connectivity index (χ4v) is 4.29. The summed E-state index contributed by atoms with van der Waals surface area (Å²) in [6.45, 7) is 0.207. The number of carbonyl (C=O) groups excluding carboxylic acids is 3. The van der Waals surface area contributed by atoms with E-state index in [1.54, 1.807) is 31.4 Å². The second-order valence-electron chi connectivity index (χ2n) is 7.13. The third-order valence-corrected chi connectivity index (χ3v) is 5.97. The molecule has 1 aliphatic rings. The molecule has 10 heteroatoms. The Morgan fingerprint density at radius 3 is 2.24 bits per heavy atom. The Labute approximate surface area is 202 Å². The lowest BCUT2D eigenvalue weighted by atomic mass is 10.1. The molecule has 3 rings (SSSR count). The van der Waals surface area contributed by atoms with Crippen molar-refractivity contribution < 1.29 is 33.3 Å². The predicted octanol–water partition coefficient (Wildman–Crippen LogP) is 3.12. The van der Waals surface area contributed by atoms with Crippen molar-refractivity contribution in [2.75, 3.05) is 41.5 Å². The highest BCUT2D eigenvalue weighted by Gasteiger charge is 2.34. The second kappa shape index (κ2) is 11.5. The lowest BCUT2D eigenvalue weighted by Crippen LogP contribution is -2.37. The molecule has 1 N–H and O–H groups in total. The molecule has 0 saturated carbocycles. The quantitative estimate of drug-likeness (QED) is 0.511. The summed E-state index contributed by atoms with van der Waals surface area (Å²) in [7, 11) is 6.04. The Hall–Kier alpha value is -3.66. The first-order chi connectivity index (χ1) is 16.4. The largest absolute Gasteiger partial charge is 0.496 e. The molecule has 1 saturated heterocycles. The first kappa shape index (κ1) is 25.0. The zero-order chi connectivity index (χ0) is 24.7. The SMILES string of the molecule is COc1ccccc1CC(=O)NCCN1C(=O)S/C(=C\c2cc(OC)c(OC)c(OC)c2)C1=O. The molecular formula is C24H26N2O7S. The van der Waals surface area contributed by atoms with E-state index in [4.69, 9.17) is 18.9 Å². The molecule has 9 nitrogen and oxygen atoms in total. The van der Waals surface area contributed by atoms with Gasteiger partial charge in [0, 0.05) is 18.7 Å². The Balaban J connectivity index is 1.63. The molecule has 0 bridgehead atoms. The van der Waals surface area contributed by atoms with Crippen LogP contribution in [-0.4, -0.2) is 63.5 Å². The molecule has 0 aromatic heterocycles. The Kier molecular flexibility index (Phi) is 8.42. The minimum atomic E-state index is -0.428. The maximum absolute atomic E-state index is 12.8. The van der Waals surface area contributed by atoms with Crippen molar-refractivity contribution in [2.24, 2.45) is 0 Å². The molecule has 2 aromatic rings. The zero-order valence-electron chi connectivity index (χ0n) is 19.4. The molecule has 2 aromatic carbocycles. The molecule has 34 heavy (non-hydrogen) atoms. The highest BCUT2D eigenvalue weighted by molar-refractivity contribution is 8.18. The molecule has 3 amide bonds. The van der Waals surface area contributed by atoms with E-state index in [2.05, 4.69) is 5.32 Å².